The third-order valence-electron chi connectivity index (χ3n) is 4.21. The second-order valence-electron chi connectivity index (χ2n) is 5.38. The Balaban J connectivity index is 2.05. The maximum Gasteiger partial charge on any atom is 0.324 e. The van der Waals surface area contributed by atoms with Crippen molar-refractivity contribution < 1.29 is 9.90 Å². The van der Waals surface area contributed by atoms with Crippen molar-refractivity contribution >= 4 is 5.97 Å². The number of aliphatic carboxylic acids is 1. The molecular weight excluding hydrogens is 242 g/mol. The molecule has 2 heterocycles. The van der Waals surface area contributed by atoms with Crippen molar-refractivity contribution in [2.75, 3.05) is 13.1 Å². The Kier molecular flexibility index (Phi) is 4.24. The molecule has 0 aromatic carbocycles. The number of likely N-dealkylation sites (tertiary alicyclic amines) is 1. The van der Waals surface area contributed by atoms with Gasteiger partial charge in [0.1, 0.15) is 11.4 Å². The molecule has 0 aliphatic carbocycles. The summed E-state index contributed by atoms with van der Waals surface area (Å²) in [6, 6.07) is 0. The Morgan fingerprint density at radius 1 is 1.58 bits per heavy atom. The zero-order valence-corrected chi connectivity index (χ0v) is 11.8. The van der Waals surface area contributed by atoms with E-state index in [1.165, 1.54) is 0 Å². The fraction of sp³-hybridized carbons (Fsp3) is 0.714. The van der Waals surface area contributed by atoms with Crippen LogP contribution in [0.3, 0.4) is 0 Å². The highest BCUT2D eigenvalue weighted by atomic mass is 16.4. The zero-order chi connectivity index (χ0) is 13.9. The highest BCUT2D eigenvalue weighted by molar-refractivity contribution is 5.79. The van der Waals surface area contributed by atoms with Crippen LogP contribution >= 0.6 is 0 Å². The monoisotopic (exact) mass is 265 g/mol. The Bertz CT molecular complexity index is 444. The maximum atomic E-state index is 11.7. The van der Waals surface area contributed by atoms with E-state index in [4.69, 9.17) is 0 Å². The van der Waals surface area contributed by atoms with E-state index in [0.29, 0.717) is 0 Å². The van der Waals surface area contributed by atoms with Gasteiger partial charge in [0.15, 0.2) is 0 Å². The quantitative estimate of drug-likeness (QED) is 0.850. The van der Waals surface area contributed by atoms with E-state index < -0.39 is 11.5 Å². The van der Waals surface area contributed by atoms with Gasteiger partial charge in [0.2, 0.25) is 0 Å². The lowest BCUT2D eigenvalue weighted by Crippen LogP contribution is -2.51. The second kappa shape index (κ2) is 5.74. The highest BCUT2D eigenvalue weighted by Gasteiger charge is 2.46. The molecular formula is C14H23N3O2. The number of carboxylic acids is 1. The molecule has 2 rings (SSSR count). The number of imidazole rings is 1. The Labute approximate surface area is 114 Å². The molecule has 1 aliphatic rings. The van der Waals surface area contributed by atoms with Crippen molar-refractivity contribution in [2.24, 2.45) is 7.05 Å². The predicted molar refractivity (Wildman–Crippen MR) is 73.0 cm³/mol. The summed E-state index contributed by atoms with van der Waals surface area (Å²) < 4.78 is 2.00. The third-order valence-corrected chi connectivity index (χ3v) is 4.21. The molecule has 1 saturated heterocycles. The number of carbonyl (C=O) groups is 1. The summed E-state index contributed by atoms with van der Waals surface area (Å²) in [5.41, 5.74) is -0.639. The first-order valence-electron chi connectivity index (χ1n) is 7.05. The van der Waals surface area contributed by atoms with Crippen molar-refractivity contribution in [3.63, 3.8) is 0 Å². The number of rotatable bonds is 6. The fourth-order valence-electron chi connectivity index (χ4n) is 3.18. The standard InChI is InChI=1S/C14H23N3O2/c1-3-6-14(13(18)19)7-4-9-17(14)10-5-12-15-8-11-16(12)2/h8,11H,3-7,9-10H2,1-2H3,(H,18,19). The summed E-state index contributed by atoms with van der Waals surface area (Å²) in [7, 11) is 1.98. The van der Waals surface area contributed by atoms with Gasteiger partial charge in [0, 0.05) is 32.4 Å². The topological polar surface area (TPSA) is 58.4 Å². The molecule has 1 atom stereocenters. The SMILES string of the molecule is CCCC1(C(=O)O)CCCN1CCc1nccn1C. The van der Waals surface area contributed by atoms with E-state index in [1.54, 1.807) is 6.20 Å². The van der Waals surface area contributed by atoms with Crippen LogP contribution in [0.1, 0.15) is 38.4 Å². The number of aryl methyl sites for hydroxylation is 1. The Morgan fingerprint density at radius 3 is 2.95 bits per heavy atom. The van der Waals surface area contributed by atoms with Gasteiger partial charge in [-0.05, 0) is 25.8 Å². The van der Waals surface area contributed by atoms with Gasteiger partial charge in [0.25, 0.3) is 0 Å². The Hall–Kier alpha value is -1.36. The van der Waals surface area contributed by atoms with Gasteiger partial charge in [-0.1, -0.05) is 13.3 Å². The normalized spacial score (nSPS) is 23.9. The lowest BCUT2D eigenvalue weighted by molar-refractivity contribution is -0.150. The van der Waals surface area contributed by atoms with Crippen LogP contribution in [0.25, 0.3) is 0 Å². The van der Waals surface area contributed by atoms with E-state index in [9.17, 15) is 9.90 Å². The summed E-state index contributed by atoms with van der Waals surface area (Å²) in [5, 5.41) is 9.61. The van der Waals surface area contributed by atoms with Crippen LogP contribution in [0.5, 0.6) is 0 Å². The van der Waals surface area contributed by atoms with E-state index in [0.717, 1.165) is 51.0 Å². The predicted octanol–water partition coefficient (Wildman–Crippen LogP) is 1.68. The fourth-order valence-corrected chi connectivity index (χ4v) is 3.18. The molecule has 0 bridgehead atoms. The lowest BCUT2D eigenvalue weighted by atomic mass is 9.90. The molecule has 1 unspecified atom stereocenters. The first-order chi connectivity index (χ1) is 9.10. The molecule has 5 heteroatoms. The summed E-state index contributed by atoms with van der Waals surface area (Å²) >= 11 is 0. The number of carboxylic acid groups (broad SMARTS) is 1. The number of aromatic nitrogens is 2. The van der Waals surface area contributed by atoms with Gasteiger partial charge in [-0.25, -0.2) is 4.98 Å². The van der Waals surface area contributed by atoms with Crippen LogP contribution in [0.15, 0.2) is 12.4 Å². The molecule has 19 heavy (non-hydrogen) atoms. The molecule has 5 nitrogen and oxygen atoms in total. The van der Waals surface area contributed by atoms with Crippen molar-refractivity contribution in [1.29, 1.82) is 0 Å². The van der Waals surface area contributed by atoms with E-state index >= 15 is 0 Å². The van der Waals surface area contributed by atoms with Crippen LogP contribution in [-0.4, -0.2) is 44.2 Å². The smallest absolute Gasteiger partial charge is 0.324 e. The van der Waals surface area contributed by atoms with Gasteiger partial charge in [-0.2, -0.15) is 0 Å². The van der Waals surface area contributed by atoms with Crippen molar-refractivity contribution in [2.45, 2.75) is 44.6 Å². The van der Waals surface area contributed by atoms with E-state index in [1.807, 2.05) is 17.8 Å². The summed E-state index contributed by atoms with van der Waals surface area (Å²) in [5.74, 6) is 0.356. The minimum Gasteiger partial charge on any atom is -0.480 e. The summed E-state index contributed by atoms with van der Waals surface area (Å²) in [6.07, 6.45) is 7.92. The number of hydrogen-bond acceptors (Lipinski definition) is 3. The summed E-state index contributed by atoms with van der Waals surface area (Å²) in [6.45, 7) is 3.72. The van der Waals surface area contributed by atoms with Gasteiger partial charge >= 0.3 is 5.97 Å². The van der Waals surface area contributed by atoms with Gasteiger partial charge in [-0.15, -0.1) is 0 Å². The minimum atomic E-state index is -0.660. The van der Waals surface area contributed by atoms with Crippen LogP contribution < -0.4 is 0 Å². The molecule has 1 aliphatic heterocycles. The van der Waals surface area contributed by atoms with E-state index in [2.05, 4.69) is 16.8 Å². The largest absolute Gasteiger partial charge is 0.480 e. The average molecular weight is 265 g/mol. The molecule has 1 fully saturated rings. The van der Waals surface area contributed by atoms with E-state index in [-0.39, 0.29) is 0 Å². The minimum absolute atomic E-state index is 0.639. The summed E-state index contributed by atoms with van der Waals surface area (Å²) in [4.78, 5) is 18.1. The highest BCUT2D eigenvalue weighted by Crippen LogP contribution is 2.33. The molecule has 106 valence electrons. The average Bonchev–Trinajstić information content (AvgIpc) is 2.95. The van der Waals surface area contributed by atoms with Gasteiger partial charge in [0.05, 0.1) is 0 Å². The van der Waals surface area contributed by atoms with Crippen LogP contribution in [0.4, 0.5) is 0 Å². The first kappa shape index (κ1) is 14.1. The molecule has 0 saturated carbocycles. The maximum absolute atomic E-state index is 11.7. The Morgan fingerprint density at radius 2 is 2.37 bits per heavy atom. The zero-order valence-electron chi connectivity index (χ0n) is 11.8. The molecule has 1 aromatic heterocycles. The second-order valence-corrected chi connectivity index (χ2v) is 5.38. The van der Waals surface area contributed by atoms with Crippen molar-refractivity contribution in [3.05, 3.63) is 18.2 Å². The third kappa shape index (κ3) is 2.66. The first-order valence-corrected chi connectivity index (χ1v) is 7.05. The van der Waals surface area contributed by atoms with Crippen LogP contribution in [-0.2, 0) is 18.3 Å². The van der Waals surface area contributed by atoms with Crippen LogP contribution in [0.2, 0.25) is 0 Å². The number of hydrogen-bond donors (Lipinski definition) is 1. The van der Waals surface area contributed by atoms with Crippen molar-refractivity contribution in [3.8, 4) is 0 Å². The number of nitrogens with zero attached hydrogens (tertiary/aromatic N) is 3. The molecule has 0 radical (unpaired) electrons. The van der Waals surface area contributed by atoms with Gasteiger partial charge < -0.3 is 9.67 Å². The molecule has 1 N–H and O–H groups in total. The van der Waals surface area contributed by atoms with Gasteiger partial charge in [-0.3, -0.25) is 9.69 Å². The van der Waals surface area contributed by atoms with Crippen molar-refractivity contribution in [1.82, 2.24) is 14.5 Å². The molecule has 0 amide bonds. The van der Waals surface area contributed by atoms with Crippen LogP contribution in [0, 0.1) is 0 Å². The molecule has 1 aromatic rings. The molecule has 0 spiro atoms. The lowest BCUT2D eigenvalue weighted by Gasteiger charge is -2.34.